The van der Waals surface area contributed by atoms with E-state index in [-0.39, 0.29) is 0 Å². The molecule has 0 aliphatic heterocycles. The maximum Gasteiger partial charge on any atom is 0.325 e. The fraction of sp³-hybridized carbons (Fsp3) is 0.0714. The van der Waals surface area contributed by atoms with Gasteiger partial charge in [0.1, 0.15) is 18.0 Å². The molecule has 6 heteroatoms. The van der Waals surface area contributed by atoms with Crippen LogP contribution in [0.5, 0.6) is 11.5 Å². The first-order valence-electron chi connectivity index (χ1n) is 5.84. The molecule has 2 rings (SSSR count). The van der Waals surface area contributed by atoms with Crippen molar-refractivity contribution in [2.45, 2.75) is 0 Å². The highest BCUT2D eigenvalue weighted by Crippen LogP contribution is 2.24. The fourth-order valence-corrected chi connectivity index (χ4v) is 1.61. The third-order valence-corrected chi connectivity index (χ3v) is 2.50. The Morgan fingerprint density at radius 1 is 1.05 bits per heavy atom. The van der Waals surface area contributed by atoms with Gasteiger partial charge in [-0.25, -0.2) is 5.01 Å². The molecule has 0 spiro atoms. The number of ether oxygens (including phenoxy) is 1. The molecule has 0 unspecified atom stereocenters. The minimum absolute atomic E-state index is 0.391. The zero-order valence-corrected chi connectivity index (χ0v) is 10.5. The molecule has 6 nitrogen and oxygen atoms in total. The summed E-state index contributed by atoms with van der Waals surface area (Å²) in [7, 11) is 0. The first kappa shape index (κ1) is 13.5. The highest BCUT2D eigenvalue weighted by Gasteiger charge is 2.11. The first-order chi connectivity index (χ1) is 9.69. The Labute approximate surface area is 115 Å². The van der Waals surface area contributed by atoms with Crippen molar-refractivity contribution in [3.05, 3.63) is 59.5 Å². The van der Waals surface area contributed by atoms with Crippen LogP contribution in [0.4, 0.5) is 5.69 Å². The second-order valence-corrected chi connectivity index (χ2v) is 3.94. The molecule has 0 aliphatic carbocycles. The van der Waals surface area contributed by atoms with E-state index in [0.29, 0.717) is 17.2 Å². The standard InChI is InChI=1S/C14H12N2O4/c17-14(18)10-16(15-19)11-6-8-13(9-7-11)20-12-4-2-1-3-5-12/h1-9H,10H2,(H,17,18). The van der Waals surface area contributed by atoms with Crippen LogP contribution in [0, 0.1) is 4.91 Å². The van der Waals surface area contributed by atoms with Crippen LogP contribution in [0.1, 0.15) is 0 Å². The van der Waals surface area contributed by atoms with E-state index < -0.39 is 12.5 Å². The number of hydrogen-bond acceptors (Lipinski definition) is 4. The summed E-state index contributed by atoms with van der Waals surface area (Å²) in [6.45, 7) is -0.484. The van der Waals surface area contributed by atoms with E-state index >= 15 is 0 Å². The lowest BCUT2D eigenvalue weighted by atomic mass is 10.3. The molecule has 0 saturated heterocycles. The third-order valence-electron chi connectivity index (χ3n) is 2.50. The average molecular weight is 272 g/mol. The second-order valence-electron chi connectivity index (χ2n) is 3.94. The van der Waals surface area contributed by atoms with Crippen molar-refractivity contribution in [3.8, 4) is 11.5 Å². The van der Waals surface area contributed by atoms with Crippen LogP contribution in [0.15, 0.2) is 59.9 Å². The minimum atomic E-state index is -1.13. The number of nitrogens with zero attached hydrogens (tertiary/aromatic N) is 2. The number of carboxylic acid groups (broad SMARTS) is 1. The van der Waals surface area contributed by atoms with Crippen molar-refractivity contribution >= 4 is 11.7 Å². The molecule has 0 amide bonds. The predicted octanol–water partition coefficient (Wildman–Crippen LogP) is 3.05. The molecule has 0 radical (unpaired) electrons. The molecule has 0 aromatic heterocycles. The van der Waals surface area contributed by atoms with Gasteiger partial charge in [0.25, 0.3) is 0 Å². The Kier molecular flexibility index (Phi) is 4.28. The number of carboxylic acids is 1. The van der Waals surface area contributed by atoms with Crippen LogP contribution in [-0.2, 0) is 4.79 Å². The zero-order valence-electron chi connectivity index (χ0n) is 10.5. The molecule has 0 saturated carbocycles. The van der Waals surface area contributed by atoms with E-state index in [9.17, 15) is 9.70 Å². The van der Waals surface area contributed by atoms with E-state index in [2.05, 4.69) is 5.29 Å². The van der Waals surface area contributed by atoms with E-state index in [1.165, 1.54) is 0 Å². The summed E-state index contributed by atoms with van der Waals surface area (Å²) in [4.78, 5) is 21.2. The summed E-state index contributed by atoms with van der Waals surface area (Å²) < 4.78 is 5.58. The summed E-state index contributed by atoms with van der Waals surface area (Å²) in [5.74, 6) is 0.145. The number of para-hydroxylation sites is 1. The Bertz CT molecular complexity index is 584. The monoisotopic (exact) mass is 272 g/mol. The molecular formula is C14H12N2O4. The molecular weight excluding hydrogens is 260 g/mol. The van der Waals surface area contributed by atoms with Crippen LogP contribution >= 0.6 is 0 Å². The maximum absolute atomic E-state index is 10.6. The lowest BCUT2D eigenvalue weighted by Gasteiger charge is -2.13. The third kappa shape index (κ3) is 3.55. The Morgan fingerprint density at radius 2 is 1.65 bits per heavy atom. The van der Waals surface area contributed by atoms with Gasteiger partial charge in [0, 0.05) is 0 Å². The van der Waals surface area contributed by atoms with Crippen molar-refractivity contribution in [1.82, 2.24) is 0 Å². The highest BCUT2D eigenvalue weighted by molar-refractivity contribution is 5.73. The lowest BCUT2D eigenvalue weighted by molar-refractivity contribution is -0.135. The molecule has 0 aliphatic rings. The maximum atomic E-state index is 10.6. The van der Waals surface area contributed by atoms with Crippen molar-refractivity contribution in [3.63, 3.8) is 0 Å². The lowest BCUT2D eigenvalue weighted by Crippen LogP contribution is -2.23. The Balaban J connectivity index is 2.09. The molecule has 2 aromatic rings. The van der Waals surface area contributed by atoms with Gasteiger partial charge < -0.3 is 9.84 Å². The SMILES string of the molecule is O=NN(CC(=O)O)c1ccc(Oc2ccccc2)cc1. The molecule has 0 fully saturated rings. The van der Waals surface area contributed by atoms with Gasteiger partial charge in [0.15, 0.2) is 0 Å². The van der Waals surface area contributed by atoms with Gasteiger partial charge >= 0.3 is 5.97 Å². The van der Waals surface area contributed by atoms with Crippen molar-refractivity contribution < 1.29 is 14.6 Å². The number of hydrogen-bond donors (Lipinski definition) is 1. The summed E-state index contributed by atoms with van der Waals surface area (Å²) in [6.07, 6.45) is 0. The van der Waals surface area contributed by atoms with Crippen molar-refractivity contribution in [1.29, 1.82) is 0 Å². The summed E-state index contributed by atoms with van der Waals surface area (Å²) in [5, 5.41) is 12.2. The van der Waals surface area contributed by atoms with E-state index in [1.807, 2.05) is 30.3 Å². The largest absolute Gasteiger partial charge is 0.480 e. The number of carbonyl (C=O) groups is 1. The molecule has 102 valence electrons. The quantitative estimate of drug-likeness (QED) is 0.645. The van der Waals surface area contributed by atoms with Gasteiger partial charge in [-0.3, -0.25) is 4.79 Å². The van der Waals surface area contributed by atoms with Gasteiger partial charge in [-0.2, -0.15) is 0 Å². The van der Waals surface area contributed by atoms with Gasteiger partial charge in [-0.05, 0) is 36.4 Å². The van der Waals surface area contributed by atoms with E-state index in [1.54, 1.807) is 24.3 Å². The summed E-state index contributed by atoms with van der Waals surface area (Å²) in [6, 6.07) is 15.7. The highest BCUT2D eigenvalue weighted by atomic mass is 16.5. The number of nitroso groups, excluding NO2 is 1. The molecule has 1 N–H and O–H groups in total. The summed E-state index contributed by atoms with van der Waals surface area (Å²) in [5.41, 5.74) is 0.391. The van der Waals surface area contributed by atoms with Gasteiger partial charge in [0.05, 0.1) is 11.0 Å². The number of aliphatic carboxylic acids is 1. The normalized spacial score (nSPS) is 9.80. The average Bonchev–Trinajstić information content (AvgIpc) is 2.46. The number of anilines is 1. The zero-order chi connectivity index (χ0) is 14.4. The van der Waals surface area contributed by atoms with Gasteiger partial charge in [0.2, 0.25) is 0 Å². The summed E-state index contributed by atoms with van der Waals surface area (Å²) >= 11 is 0. The van der Waals surface area contributed by atoms with Crippen molar-refractivity contribution in [2.24, 2.45) is 5.29 Å². The number of rotatable bonds is 6. The molecule has 20 heavy (non-hydrogen) atoms. The van der Waals surface area contributed by atoms with Crippen LogP contribution in [-0.4, -0.2) is 17.6 Å². The molecule has 0 heterocycles. The van der Waals surface area contributed by atoms with Gasteiger partial charge in [-0.15, -0.1) is 4.91 Å². The fourth-order valence-electron chi connectivity index (χ4n) is 1.61. The smallest absolute Gasteiger partial charge is 0.325 e. The Hall–Kier alpha value is -2.89. The number of benzene rings is 2. The van der Waals surface area contributed by atoms with Gasteiger partial charge in [-0.1, -0.05) is 18.2 Å². The minimum Gasteiger partial charge on any atom is -0.480 e. The second kappa shape index (κ2) is 6.33. The van der Waals surface area contributed by atoms with Crippen LogP contribution in [0.2, 0.25) is 0 Å². The molecule has 0 atom stereocenters. The Morgan fingerprint density at radius 3 is 2.20 bits per heavy atom. The van der Waals surface area contributed by atoms with Crippen LogP contribution in [0.25, 0.3) is 0 Å². The molecule has 2 aromatic carbocycles. The van der Waals surface area contributed by atoms with E-state index in [0.717, 1.165) is 5.01 Å². The van der Waals surface area contributed by atoms with E-state index in [4.69, 9.17) is 9.84 Å². The predicted molar refractivity (Wildman–Crippen MR) is 73.7 cm³/mol. The van der Waals surface area contributed by atoms with Crippen LogP contribution in [0.3, 0.4) is 0 Å². The van der Waals surface area contributed by atoms with Crippen LogP contribution < -0.4 is 9.75 Å². The molecule has 0 bridgehead atoms. The topological polar surface area (TPSA) is 79.2 Å². The van der Waals surface area contributed by atoms with Crippen molar-refractivity contribution in [2.75, 3.05) is 11.6 Å². The first-order valence-corrected chi connectivity index (χ1v) is 5.84.